The summed E-state index contributed by atoms with van der Waals surface area (Å²) in [5.74, 6) is 0.536. The zero-order valence-corrected chi connectivity index (χ0v) is 20.9. The highest BCUT2D eigenvalue weighted by Gasteiger charge is 2.30. The van der Waals surface area contributed by atoms with Gasteiger partial charge in [0.25, 0.3) is 0 Å². The maximum Gasteiger partial charge on any atom is 0.234 e. The van der Waals surface area contributed by atoms with Gasteiger partial charge in [-0.15, -0.1) is 0 Å². The Morgan fingerprint density at radius 3 is 2.30 bits per heavy atom. The third-order valence-corrected chi connectivity index (χ3v) is 8.13. The second kappa shape index (κ2) is 10.0. The highest BCUT2D eigenvalue weighted by atomic mass is 32.2. The van der Waals surface area contributed by atoms with Crippen molar-refractivity contribution in [2.24, 2.45) is 0 Å². The van der Waals surface area contributed by atoms with Gasteiger partial charge < -0.3 is 9.15 Å². The van der Waals surface area contributed by atoms with Crippen LogP contribution < -0.4 is 9.04 Å². The molecule has 0 fully saturated rings. The number of benzene rings is 2. The summed E-state index contributed by atoms with van der Waals surface area (Å²) in [6, 6.07) is 15.3. The Labute approximate surface area is 196 Å². The van der Waals surface area contributed by atoms with Gasteiger partial charge in [-0.3, -0.25) is 0 Å². The number of furan rings is 1. The van der Waals surface area contributed by atoms with E-state index in [4.69, 9.17) is 9.15 Å². The van der Waals surface area contributed by atoms with Gasteiger partial charge in [-0.2, -0.15) is 0 Å². The molecule has 0 aliphatic carbocycles. The molecule has 9 heteroatoms. The topological polar surface area (TPSA) is 93.9 Å². The quantitative estimate of drug-likeness (QED) is 0.404. The van der Waals surface area contributed by atoms with E-state index in [1.54, 1.807) is 50.4 Å². The molecule has 0 bridgehead atoms. The van der Waals surface area contributed by atoms with E-state index in [1.165, 1.54) is 16.4 Å². The lowest BCUT2D eigenvalue weighted by atomic mass is 10.0. The van der Waals surface area contributed by atoms with Gasteiger partial charge in [0.2, 0.25) is 15.9 Å². The lowest BCUT2D eigenvalue weighted by molar-refractivity contribution is 0.415. The van der Waals surface area contributed by atoms with Crippen LogP contribution in [-0.2, 0) is 25.6 Å². The largest absolute Gasteiger partial charge is 0.497 e. The second-order valence-electron chi connectivity index (χ2n) is 7.82. The number of sulfonamides is 1. The maximum absolute atomic E-state index is 13.0. The third-order valence-electron chi connectivity index (χ3n) is 5.35. The average Bonchev–Trinajstić information content (AvgIpc) is 3.08. The Balaban J connectivity index is 2.20. The van der Waals surface area contributed by atoms with Crippen molar-refractivity contribution in [3.63, 3.8) is 0 Å². The van der Waals surface area contributed by atoms with Crippen molar-refractivity contribution in [2.75, 3.05) is 24.2 Å². The van der Waals surface area contributed by atoms with E-state index >= 15 is 0 Å². The van der Waals surface area contributed by atoms with Crippen LogP contribution in [0.5, 0.6) is 5.75 Å². The molecule has 0 saturated carbocycles. The summed E-state index contributed by atoms with van der Waals surface area (Å²) in [6.07, 6.45) is 2.54. The molecule has 0 aliphatic heterocycles. The lowest BCUT2D eigenvalue weighted by Gasteiger charge is -2.21. The normalized spacial score (nSPS) is 12.0. The van der Waals surface area contributed by atoms with E-state index in [9.17, 15) is 16.8 Å². The number of sulfone groups is 1. The molecular formula is C24H29NO6S2. The number of anilines is 1. The van der Waals surface area contributed by atoms with Crippen LogP contribution in [0.3, 0.4) is 0 Å². The molecule has 0 atom stereocenters. The molecule has 0 aliphatic rings. The van der Waals surface area contributed by atoms with Gasteiger partial charge in [0.1, 0.15) is 17.3 Å². The van der Waals surface area contributed by atoms with Crippen LogP contribution >= 0.6 is 0 Å². The van der Waals surface area contributed by atoms with E-state index in [2.05, 4.69) is 0 Å². The fraction of sp³-hybridized carbons (Fsp3) is 0.333. The Morgan fingerprint density at radius 2 is 1.70 bits per heavy atom. The molecule has 1 heterocycles. The van der Waals surface area contributed by atoms with E-state index < -0.39 is 19.9 Å². The van der Waals surface area contributed by atoms with Gasteiger partial charge in [-0.05, 0) is 43.2 Å². The number of methoxy groups -OCH3 is 1. The molecule has 0 N–H and O–H groups in total. The highest BCUT2D eigenvalue weighted by Crippen LogP contribution is 2.41. The zero-order chi connectivity index (χ0) is 24.2. The molecule has 0 unspecified atom stereocenters. The number of ether oxygens (including phenoxy) is 1. The van der Waals surface area contributed by atoms with Crippen molar-refractivity contribution >= 4 is 25.7 Å². The Hall–Kier alpha value is -2.78. The molecular weight excluding hydrogens is 462 g/mol. The first kappa shape index (κ1) is 24.9. The van der Waals surface area contributed by atoms with Crippen molar-refractivity contribution < 1.29 is 26.0 Å². The van der Waals surface area contributed by atoms with E-state index in [-0.39, 0.29) is 28.8 Å². The molecule has 0 radical (unpaired) electrons. The maximum atomic E-state index is 13.0. The Kier molecular flexibility index (Phi) is 7.54. The molecule has 3 aromatic rings. The molecule has 0 spiro atoms. The summed E-state index contributed by atoms with van der Waals surface area (Å²) < 4.78 is 64.1. The fourth-order valence-corrected chi connectivity index (χ4v) is 5.83. The predicted octanol–water partition coefficient (Wildman–Crippen LogP) is 4.80. The van der Waals surface area contributed by atoms with Crippen molar-refractivity contribution in [1.82, 2.24) is 0 Å². The van der Waals surface area contributed by atoms with Crippen LogP contribution in [0.15, 0.2) is 63.9 Å². The molecule has 0 amide bonds. The number of hydrogen-bond acceptors (Lipinski definition) is 6. The first-order valence-electron chi connectivity index (χ1n) is 10.6. The summed E-state index contributed by atoms with van der Waals surface area (Å²) in [5.41, 5.74) is 1.79. The van der Waals surface area contributed by atoms with Gasteiger partial charge >= 0.3 is 0 Å². The lowest BCUT2D eigenvalue weighted by Crippen LogP contribution is -2.31. The molecule has 33 heavy (non-hydrogen) atoms. The molecule has 1 aromatic heterocycles. The van der Waals surface area contributed by atoms with E-state index in [1.807, 2.05) is 13.0 Å². The van der Waals surface area contributed by atoms with Crippen molar-refractivity contribution in [1.29, 1.82) is 0 Å². The van der Waals surface area contributed by atoms with Crippen molar-refractivity contribution in [2.45, 2.75) is 37.3 Å². The summed E-state index contributed by atoms with van der Waals surface area (Å²) in [7, 11) is -5.83. The third kappa shape index (κ3) is 5.59. The Bertz CT molecular complexity index is 1310. The first-order valence-corrected chi connectivity index (χ1v) is 14.1. The second-order valence-corrected chi connectivity index (χ2v) is 11.7. The summed E-state index contributed by atoms with van der Waals surface area (Å²) in [5, 5.41) is 0. The fourth-order valence-electron chi connectivity index (χ4n) is 3.58. The van der Waals surface area contributed by atoms with Gasteiger partial charge in [-0.1, -0.05) is 43.7 Å². The minimum absolute atomic E-state index is 0.120. The summed E-state index contributed by atoms with van der Waals surface area (Å²) in [4.78, 5) is 0.177. The van der Waals surface area contributed by atoms with Crippen LogP contribution in [0.1, 0.15) is 31.1 Å². The predicted molar refractivity (Wildman–Crippen MR) is 130 cm³/mol. The van der Waals surface area contributed by atoms with Crippen LogP contribution in [0.2, 0.25) is 0 Å². The van der Waals surface area contributed by atoms with Gasteiger partial charge in [-0.25, -0.2) is 21.1 Å². The van der Waals surface area contributed by atoms with Crippen molar-refractivity contribution in [3.8, 4) is 16.9 Å². The Morgan fingerprint density at radius 1 is 1.00 bits per heavy atom. The minimum atomic E-state index is -3.70. The monoisotopic (exact) mass is 491 g/mol. The van der Waals surface area contributed by atoms with Gasteiger partial charge in [0, 0.05) is 17.7 Å². The van der Waals surface area contributed by atoms with Crippen LogP contribution in [0, 0.1) is 6.92 Å². The average molecular weight is 492 g/mol. The highest BCUT2D eigenvalue weighted by molar-refractivity contribution is 7.92. The molecule has 0 saturated heterocycles. The standard InChI is InChI=1S/C24H29NO6S2/c1-5-6-15-25(32(4,26)27)24-23(19-11-10-12-20(16-19)30-3)18(2)22(31-24)17-33(28,29)21-13-8-7-9-14-21/h7-14,16H,5-6,15,17H2,1-4H3. The van der Waals surface area contributed by atoms with Crippen LogP contribution in [0.4, 0.5) is 5.88 Å². The number of rotatable bonds is 10. The van der Waals surface area contributed by atoms with Crippen molar-refractivity contribution in [3.05, 3.63) is 65.9 Å². The summed E-state index contributed by atoms with van der Waals surface area (Å²) in [6.45, 7) is 3.94. The smallest absolute Gasteiger partial charge is 0.234 e. The minimum Gasteiger partial charge on any atom is -0.497 e. The van der Waals surface area contributed by atoms with Crippen LogP contribution in [-0.4, -0.2) is 36.7 Å². The molecule has 3 rings (SSSR count). The number of nitrogens with zero attached hydrogens (tertiary/aromatic N) is 1. The zero-order valence-electron chi connectivity index (χ0n) is 19.2. The summed E-state index contributed by atoms with van der Waals surface area (Å²) >= 11 is 0. The van der Waals surface area contributed by atoms with Gasteiger partial charge in [0.15, 0.2) is 9.84 Å². The van der Waals surface area contributed by atoms with Crippen LogP contribution in [0.25, 0.3) is 11.1 Å². The number of hydrogen-bond donors (Lipinski definition) is 0. The molecule has 2 aromatic carbocycles. The van der Waals surface area contributed by atoms with E-state index in [0.717, 1.165) is 12.7 Å². The van der Waals surface area contributed by atoms with E-state index in [0.29, 0.717) is 28.9 Å². The first-order chi connectivity index (χ1) is 15.6. The molecule has 7 nitrogen and oxygen atoms in total. The number of unbranched alkanes of at least 4 members (excludes halogenated alkanes) is 1. The molecule has 178 valence electrons. The SMILES string of the molecule is CCCCN(c1oc(CS(=O)(=O)c2ccccc2)c(C)c1-c1cccc(OC)c1)S(C)(=O)=O. The van der Waals surface area contributed by atoms with Gasteiger partial charge in [0.05, 0.1) is 18.3 Å².